The molecule has 1 aliphatic heterocycles. The molecule has 0 saturated carbocycles. The van der Waals surface area contributed by atoms with E-state index in [-0.39, 0.29) is 25.1 Å². The molecule has 2 heterocycles. The summed E-state index contributed by atoms with van der Waals surface area (Å²) in [5.74, 6) is 0.811. The Balaban J connectivity index is 0.00000240. The first-order valence-electron chi connectivity index (χ1n) is 9.79. The van der Waals surface area contributed by atoms with Gasteiger partial charge in [-0.15, -0.1) is 12.4 Å². The number of hydrogen-bond acceptors (Lipinski definition) is 5. The molecule has 156 valence electrons. The van der Waals surface area contributed by atoms with Crippen molar-refractivity contribution >= 4 is 23.2 Å². The van der Waals surface area contributed by atoms with E-state index in [1.54, 1.807) is 0 Å². The third kappa shape index (κ3) is 5.70. The number of rotatable bonds is 7. The predicted octanol–water partition coefficient (Wildman–Crippen LogP) is 2.91. The number of fused-ring (bicyclic) bond motifs is 1. The molecule has 0 radical (unpaired) electrons. The molecule has 2 aromatic carbocycles. The molecule has 4 rings (SSSR count). The number of halogens is 1. The SMILES string of the molecule is Cc1cnn(CC2CN(CC(O)COc3cccc4ccccc34)CCO2)c1.Cl. The lowest BCUT2D eigenvalue weighted by atomic mass is 10.1. The number of benzene rings is 2. The van der Waals surface area contributed by atoms with Crippen molar-refractivity contribution in [2.24, 2.45) is 0 Å². The molecular weight excluding hydrogens is 390 g/mol. The number of aliphatic hydroxyl groups excluding tert-OH is 1. The number of β-amino-alcohol motifs (C(OH)–C–C–N with tert-alkyl or cyclic N) is 1. The van der Waals surface area contributed by atoms with E-state index in [9.17, 15) is 5.11 Å². The molecular formula is C22H28ClN3O3. The Kier molecular flexibility index (Phi) is 7.50. The molecule has 1 saturated heterocycles. The van der Waals surface area contributed by atoms with Gasteiger partial charge < -0.3 is 14.6 Å². The van der Waals surface area contributed by atoms with Gasteiger partial charge in [0.05, 0.1) is 25.5 Å². The average molecular weight is 418 g/mol. The third-order valence-corrected chi connectivity index (χ3v) is 5.03. The summed E-state index contributed by atoms with van der Waals surface area (Å²) in [6, 6.07) is 14.1. The highest BCUT2D eigenvalue weighted by Gasteiger charge is 2.23. The number of ether oxygens (including phenoxy) is 2. The number of aromatic nitrogens is 2. The number of morpholine rings is 1. The highest BCUT2D eigenvalue weighted by molar-refractivity contribution is 5.88. The van der Waals surface area contributed by atoms with Crippen LogP contribution in [0.15, 0.2) is 54.9 Å². The summed E-state index contributed by atoms with van der Waals surface area (Å²) in [5, 5.41) is 17.0. The molecule has 1 aromatic heterocycles. The molecule has 3 aromatic rings. The fraction of sp³-hybridized carbons (Fsp3) is 0.409. The molecule has 0 spiro atoms. The molecule has 7 heteroatoms. The first-order valence-corrected chi connectivity index (χ1v) is 9.79. The summed E-state index contributed by atoms with van der Waals surface area (Å²) < 4.78 is 13.7. The zero-order valence-electron chi connectivity index (χ0n) is 16.6. The van der Waals surface area contributed by atoms with Crippen LogP contribution >= 0.6 is 12.4 Å². The topological polar surface area (TPSA) is 59.8 Å². The van der Waals surface area contributed by atoms with Gasteiger partial charge in [-0.05, 0) is 23.9 Å². The average Bonchev–Trinajstić information content (AvgIpc) is 3.11. The molecule has 1 aliphatic rings. The minimum absolute atomic E-state index is 0. The van der Waals surface area contributed by atoms with Crippen LogP contribution in [0.5, 0.6) is 5.75 Å². The molecule has 2 atom stereocenters. The minimum Gasteiger partial charge on any atom is -0.490 e. The predicted molar refractivity (Wildman–Crippen MR) is 116 cm³/mol. The fourth-order valence-corrected chi connectivity index (χ4v) is 3.69. The van der Waals surface area contributed by atoms with Crippen molar-refractivity contribution in [3.05, 3.63) is 60.4 Å². The number of aliphatic hydroxyl groups is 1. The lowest BCUT2D eigenvalue weighted by molar-refractivity contribution is -0.0516. The van der Waals surface area contributed by atoms with Crippen molar-refractivity contribution in [1.82, 2.24) is 14.7 Å². The van der Waals surface area contributed by atoms with E-state index < -0.39 is 6.10 Å². The van der Waals surface area contributed by atoms with Crippen LogP contribution in [0.4, 0.5) is 0 Å². The standard InChI is InChI=1S/C22H27N3O3.ClH/c1-17-11-23-25(12-17)15-20-14-24(9-10-27-20)13-19(26)16-28-22-8-4-6-18-5-2-3-7-21(18)22;/h2-8,11-12,19-20,26H,9-10,13-16H2,1H3;1H. The number of nitrogens with zero attached hydrogens (tertiary/aromatic N) is 3. The van der Waals surface area contributed by atoms with Gasteiger partial charge in [0, 0.05) is 31.2 Å². The van der Waals surface area contributed by atoms with E-state index in [4.69, 9.17) is 9.47 Å². The summed E-state index contributed by atoms with van der Waals surface area (Å²) in [4.78, 5) is 2.24. The van der Waals surface area contributed by atoms with E-state index in [2.05, 4.69) is 22.1 Å². The van der Waals surface area contributed by atoms with Gasteiger partial charge in [-0.1, -0.05) is 36.4 Å². The summed E-state index contributed by atoms with van der Waals surface area (Å²) >= 11 is 0. The van der Waals surface area contributed by atoms with Gasteiger partial charge in [-0.25, -0.2) is 0 Å². The van der Waals surface area contributed by atoms with Crippen LogP contribution in [-0.4, -0.2) is 64.8 Å². The maximum absolute atomic E-state index is 10.5. The van der Waals surface area contributed by atoms with E-state index in [0.717, 1.165) is 41.7 Å². The van der Waals surface area contributed by atoms with E-state index in [0.29, 0.717) is 13.2 Å². The van der Waals surface area contributed by atoms with Crippen molar-refractivity contribution in [2.45, 2.75) is 25.7 Å². The second-order valence-electron chi connectivity index (χ2n) is 7.43. The van der Waals surface area contributed by atoms with Crippen molar-refractivity contribution in [2.75, 3.05) is 32.8 Å². The van der Waals surface area contributed by atoms with Crippen molar-refractivity contribution < 1.29 is 14.6 Å². The van der Waals surface area contributed by atoms with Crippen LogP contribution in [0.2, 0.25) is 0 Å². The smallest absolute Gasteiger partial charge is 0.127 e. The quantitative estimate of drug-likeness (QED) is 0.640. The molecule has 0 bridgehead atoms. The van der Waals surface area contributed by atoms with Crippen LogP contribution in [0, 0.1) is 6.92 Å². The van der Waals surface area contributed by atoms with Crippen LogP contribution in [-0.2, 0) is 11.3 Å². The monoisotopic (exact) mass is 417 g/mol. The van der Waals surface area contributed by atoms with Crippen molar-refractivity contribution in [3.8, 4) is 5.75 Å². The molecule has 2 unspecified atom stereocenters. The Morgan fingerprint density at radius 1 is 1.24 bits per heavy atom. The highest BCUT2D eigenvalue weighted by Crippen LogP contribution is 2.25. The Bertz CT molecular complexity index is 912. The van der Waals surface area contributed by atoms with Crippen LogP contribution in [0.1, 0.15) is 5.56 Å². The fourth-order valence-electron chi connectivity index (χ4n) is 3.69. The number of hydrogen-bond donors (Lipinski definition) is 1. The van der Waals surface area contributed by atoms with E-state index in [1.165, 1.54) is 0 Å². The summed E-state index contributed by atoms with van der Waals surface area (Å²) in [6.45, 7) is 5.87. The van der Waals surface area contributed by atoms with Gasteiger partial charge in [0.15, 0.2) is 0 Å². The largest absolute Gasteiger partial charge is 0.490 e. The number of aryl methyl sites for hydroxylation is 1. The van der Waals surface area contributed by atoms with Crippen LogP contribution in [0.3, 0.4) is 0 Å². The normalized spacial score (nSPS) is 18.3. The first kappa shape index (κ1) is 21.6. The van der Waals surface area contributed by atoms with Crippen LogP contribution in [0.25, 0.3) is 10.8 Å². The van der Waals surface area contributed by atoms with Gasteiger partial charge in [-0.2, -0.15) is 5.10 Å². The first-order chi connectivity index (χ1) is 13.7. The third-order valence-electron chi connectivity index (χ3n) is 5.03. The van der Waals surface area contributed by atoms with Gasteiger partial charge in [0.25, 0.3) is 0 Å². The van der Waals surface area contributed by atoms with Gasteiger partial charge in [0.2, 0.25) is 0 Å². The van der Waals surface area contributed by atoms with Crippen LogP contribution < -0.4 is 4.74 Å². The van der Waals surface area contributed by atoms with Gasteiger partial charge >= 0.3 is 0 Å². The summed E-state index contributed by atoms with van der Waals surface area (Å²) in [7, 11) is 0. The zero-order chi connectivity index (χ0) is 19.3. The highest BCUT2D eigenvalue weighted by atomic mass is 35.5. The lowest BCUT2D eigenvalue weighted by Crippen LogP contribution is -2.47. The molecule has 1 N–H and O–H groups in total. The van der Waals surface area contributed by atoms with Gasteiger partial charge in [0.1, 0.15) is 18.5 Å². The molecule has 1 fully saturated rings. The maximum atomic E-state index is 10.5. The Labute approximate surface area is 177 Å². The summed E-state index contributed by atoms with van der Waals surface area (Å²) in [5.41, 5.74) is 1.15. The summed E-state index contributed by atoms with van der Waals surface area (Å²) in [6.07, 6.45) is 3.41. The Hall–Kier alpha value is -2.12. The van der Waals surface area contributed by atoms with Crippen molar-refractivity contribution in [1.29, 1.82) is 0 Å². The molecule has 29 heavy (non-hydrogen) atoms. The van der Waals surface area contributed by atoms with E-state index in [1.807, 2.05) is 54.3 Å². The molecule has 0 aliphatic carbocycles. The molecule has 0 amide bonds. The second kappa shape index (κ2) is 10.1. The van der Waals surface area contributed by atoms with Gasteiger partial charge in [-0.3, -0.25) is 9.58 Å². The maximum Gasteiger partial charge on any atom is 0.127 e. The Morgan fingerprint density at radius 2 is 2.07 bits per heavy atom. The zero-order valence-corrected chi connectivity index (χ0v) is 17.4. The van der Waals surface area contributed by atoms with Crippen molar-refractivity contribution in [3.63, 3.8) is 0 Å². The minimum atomic E-state index is -0.551. The second-order valence-corrected chi connectivity index (χ2v) is 7.43. The molecule has 6 nitrogen and oxygen atoms in total. The van der Waals surface area contributed by atoms with E-state index >= 15 is 0 Å². The lowest BCUT2D eigenvalue weighted by Gasteiger charge is -2.34. The Morgan fingerprint density at radius 3 is 2.90 bits per heavy atom.